The second-order valence-electron chi connectivity index (χ2n) is 7.69. The molecular weight excluding hydrogens is 320 g/mol. The molecule has 1 aromatic rings. The largest absolute Gasteiger partial charge is 0.380 e. The summed E-state index contributed by atoms with van der Waals surface area (Å²) in [4.78, 5) is 19.3. The van der Waals surface area contributed by atoms with Crippen molar-refractivity contribution in [3.8, 4) is 0 Å². The zero-order valence-electron chi connectivity index (χ0n) is 15.5. The number of methoxy groups -OCH3 is 1. The highest BCUT2D eigenvalue weighted by molar-refractivity contribution is 5.79. The average molecular weight is 350 g/mol. The zero-order chi connectivity index (χ0) is 18.0. The maximum absolute atomic E-state index is 12.8. The monoisotopic (exact) mass is 350 g/mol. The van der Waals surface area contributed by atoms with Crippen molar-refractivity contribution < 1.29 is 14.1 Å². The number of nitrogens with two attached hydrogens (primary N) is 1. The molecule has 2 N–H and O–H groups in total. The molecule has 7 heteroatoms. The lowest BCUT2D eigenvalue weighted by Gasteiger charge is -2.37. The van der Waals surface area contributed by atoms with Crippen LogP contribution in [-0.2, 0) is 9.53 Å². The van der Waals surface area contributed by atoms with Crippen molar-refractivity contribution in [1.29, 1.82) is 0 Å². The number of hydrogen-bond donors (Lipinski definition) is 1. The van der Waals surface area contributed by atoms with Crippen molar-refractivity contribution in [2.75, 3.05) is 20.2 Å². The van der Waals surface area contributed by atoms with Crippen LogP contribution in [0.25, 0.3) is 0 Å². The summed E-state index contributed by atoms with van der Waals surface area (Å²) in [5, 5.41) is 4.05. The summed E-state index contributed by atoms with van der Waals surface area (Å²) in [6.45, 7) is 5.62. The number of nitrogens with zero attached hydrogens (tertiary/aromatic N) is 3. The third-order valence-electron chi connectivity index (χ3n) is 5.62. The van der Waals surface area contributed by atoms with Crippen LogP contribution in [0.2, 0.25) is 0 Å². The van der Waals surface area contributed by atoms with Crippen LogP contribution in [0.4, 0.5) is 0 Å². The van der Waals surface area contributed by atoms with E-state index in [2.05, 4.69) is 24.0 Å². The van der Waals surface area contributed by atoms with E-state index in [1.54, 1.807) is 7.11 Å². The zero-order valence-corrected chi connectivity index (χ0v) is 15.5. The standard InChI is InChI=1S/C18H30N4O3/c1-11(2)16-20-17(25-21-16)12-6-8-22(9-7-12)18(23)13-4-5-14(19)15(10-13)24-3/h11-15H,4-10,19H2,1-3H3/t13-,14-,15-/m0/s1. The van der Waals surface area contributed by atoms with E-state index in [0.29, 0.717) is 0 Å². The van der Waals surface area contributed by atoms with E-state index < -0.39 is 0 Å². The van der Waals surface area contributed by atoms with Gasteiger partial charge in [0, 0.05) is 44.0 Å². The molecule has 0 bridgehead atoms. The first-order valence-electron chi connectivity index (χ1n) is 9.40. The van der Waals surface area contributed by atoms with E-state index in [1.165, 1.54) is 0 Å². The van der Waals surface area contributed by atoms with E-state index in [0.717, 1.165) is 56.9 Å². The maximum Gasteiger partial charge on any atom is 0.229 e. The molecule has 2 fully saturated rings. The van der Waals surface area contributed by atoms with Crippen molar-refractivity contribution in [2.24, 2.45) is 11.7 Å². The van der Waals surface area contributed by atoms with Crippen LogP contribution in [-0.4, -0.2) is 53.3 Å². The van der Waals surface area contributed by atoms with Crippen LogP contribution in [0.1, 0.15) is 69.5 Å². The van der Waals surface area contributed by atoms with Gasteiger partial charge in [-0.1, -0.05) is 19.0 Å². The highest BCUT2D eigenvalue weighted by Crippen LogP contribution is 2.31. The molecule has 7 nitrogen and oxygen atoms in total. The lowest BCUT2D eigenvalue weighted by Crippen LogP contribution is -2.47. The van der Waals surface area contributed by atoms with Gasteiger partial charge in [-0.3, -0.25) is 4.79 Å². The summed E-state index contributed by atoms with van der Waals surface area (Å²) in [7, 11) is 1.68. The Kier molecular flexibility index (Phi) is 5.74. The topological polar surface area (TPSA) is 94.5 Å². The molecule has 2 heterocycles. The van der Waals surface area contributed by atoms with Crippen LogP contribution in [0, 0.1) is 5.92 Å². The molecule has 1 amide bonds. The molecule has 25 heavy (non-hydrogen) atoms. The smallest absolute Gasteiger partial charge is 0.229 e. The Labute approximate surface area is 149 Å². The van der Waals surface area contributed by atoms with Crippen LogP contribution in [0.5, 0.6) is 0 Å². The molecule has 3 atom stereocenters. The fraction of sp³-hybridized carbons (Fsp3) is 0.833. The van der Waals surface area contributed by atoms with Gasteiger partial charge < -0.3 is 19.9 Å². The van der Waals surface area contributed by atoms with Crippen LogP contribution >= 0.6 is 0 Å². The number of amides is 1. The van der Waals surface area contributed by atoms with Crippen LogP contribution < -0.4 is 5.73 Å². The molecule has 1 saturated carbocycles. The summed E-state index contributed by atoms with van der Waals surface area (Å²) in [6.07, 6.45) is 4.20. The highest BCUT2D eigenvalue weighted by Gasteiger charge is 2.36. The summed E-state index contributed by atoms with van der Waals surface area (Å²) in [6, 6.07) is 0.0486. The fourth-order valence-corrected chi connectivity index (χ4v) is 3.90. The summed E-state index contributed by atoms with van der Waals surface area (Å²) in [5.74, 6) is 2.30. The number of carbonyl (C=O) groups is 1. The van der Waals surface area contributed by atoms with Crippen molar-refractivity contribution in [1.82, 2.24) is 15.0 Å². The number of carbonyl (C=O) groups excluding carboxylic acids is 1. The number of likely N-dealkylation sites (tertiary alicyclic amines) is 1. The molecule has 0 radical (unpaired) electrons. The Morgan fingerprint density at radius 3 is 2.60 bits per heavy atom. The van der Waals surface area contributed by atoms with Gasteiger partial charge in [-0.2, -0.15) is 4.98 Å². The van der Waals surface area contributed by atoms with E-state index in [-0.39, 0.29) is 35.8 Å². The number of aromatic nitrogens is 2. The first-order chi connectivity index (χ1) is 12.0. The highest BCUT2D eigenvalue weighted by atomic mass is 16.5. The molecular formula is C18H30N4O3. The van der Waals surface area contributed by atoms with Gasteiger partial charge in [0.25, 0.3) is 0 Å². The quantitative estimate of drug-likeness (QED) is 0.893. The molecule has 0 unspecified atom stereocenters. The molecule has 0 spiro atoms. The first kappa shape index (κ1) is 18.3. The molecule has 1 saturated heterocycles. The summed E-state index contributed by atoms with van der Waals surface area (Å²) in [5.41, 5.74) is 6.06. The molecule has 0 aromatic carbocycles. The molecule has 2 aliphatic rings. The SMILES string of the molecule is CO[C@H]1C[C@@H](C(=O)N2CCC(c3nc(C(C)C)no3)CC2)CC[C@@H]1N. The van der Waals surface area contributed by atoms with Crippen molar-refractivity contribution in [3.63, 3.8) is 0 Å². The van der Waals surface area contributed by atoms with Gasteiger partial charge in [-0.15, -0.1) is 0 Å². The minimum Gasteiger partial charge on any atom is -0.380 e. The van der Waals surface area contributed by atoms with Crippen molar-refractivity contribution >= 4 is 5.91 Å². The summed E-state index contributed by atoms with van der Waals surface area (Å²) >= 11 is 0. The lowest BCUT2D eigenvalue weighted by molar-refractivity contribution is -0.139. The van der Waals surface area contributed by atoms with Gasteiger partial charge in [0.2, 0.25) is 11.8 Å². The predicted octanol–water partition coefficient (Wildman–Crippen LogP) is 2.04. The van der Waals surface area contributed by atoms with Gasteiger partial charge >= 0.3 is 0 Å². The Balaban J connectivity index is 1.54. The Bertz CT molecular complexity index is 581. The number of piperidine rings is 1. The van der Waals surface area contributed by atoms with Gasteiger partial charge in [-0.05, 0) is 32.1 Å². The van der Waals surface area contributed by atoms with Gasteiger partial charge in [0.1, 0.15) is 0 Å². The van der Waals surface area contributed by atoms with E-state index >= 15 is 0 Å². The minimum atomic E-state index is -0.00640. The summed E-state index contributed by atoms with van der Waals surface area (Å²) < 4.78 is 10.9. The molecule has 1 aliphatic heterocycles. The minimum absolute atomic E-state index is 0.00640. The van der Waals surface area contributed by atoms with E-state index in [4.69, 9.17) is 15.0 Å². The number of ether oxygens (including phenoxy) is 1. The molecule has 140 valence electrons. The normalized spacial score (nSPS) is 28.5. The van der Waals surface area contributed by atoms with E-state index in [1.807, 2.05) is 4.90 Å². The third-order valence-corrected chi connectivity index (χ3v) is 5.62. The predicted molar refractivity (Wildman–Crippen MR) is 93.1 cm³/mol. The first-order valence-corrected chi connectivity index (χ1v) is 9.40. The number of hydrogen-bond acceptors (Lipinski definition) is 6. The Hall–Kier alpha value is -1.47. The van der Waals surface area contributed by atoms with Crippen molar-refractivity contribution in [3.05, 3.63) is 11.7 Å². The fourth-order valence-electron chi connectivity index (χ4n) is 3.90. The third kappa shape index (κ3) is 4.03. The van der Waals surface area contributed by atoms with Gasteiger partial charge in [-0.25, -0.2) is 0 Å². The second-order valence-corrected chi connectivity index (χ2v) is 7.69. The van der Waals surface area contributed by atoms with Crippen LogP contribution in [0.15, 0.2) is 4.52 Å². The second kappa shape index (κ2) is 7.83. The molecule has 1 aliphatic carbocycles. The molecule has 1 aromatic heterocycles. The lowest BCUT2D eigenvalue weighted by atomic mass is 9.83. The molecule has 3 rings (SSSR count). The van der Waals surface area contributed by atoms with Gasteiger partial charge in [0.05, 0.1) is 6.10 Å². The Morgan fingerprint density at radius 1 is 1.28 bits per heavy atom. The Morgan fingerprint density at radius 2 is 2.00 bits per heavy atom. The average Bonchev–Trinajstić information content (AvgIpc) is 3.12. The van der Waals surface area contributed by atoms with Crippen LogP contribution in [0.3, 0.4) is 0 Å². The van der Waals surface area contributed by atoms with Gasteiger partial charge in [0.15, 0.2) is 5.82 Å². The van der Waals surface area contributed by atoms with E-state index in [9.17, 15) is 4.79 Å². The number of rotatable bonds is 4. The van der Waals surface area contributed by atoms with Crippen molar-refractivity contribution in [2.45, 2.75) is 69.9 Å². The maximum atomic E-state index is 12.8.